The van der Waals surface area contributed by atoms with E-state index in [1.165, 1.54) is 4.31 Å². The molecule has 0 fully saturated rings. The van der Waals surface area contributed by atoms with E-state index in [2.05, 4.69) is 0 Å². The lowest BCUT2D eigenvalue weighted by Crippen LogP contribution is -2.30. The first-order chi connectivity index (χ1) is 9.59. The van der Waals surface area contributed by atoms with Crippen LogP contribution in [0.25, 0.3) is 0 Å². The summed E-state index contributed by atoms with van der Waals surface area (Å²) in [7, 11) is -3.54. The highest BCUT2D eigenvalue weighted by atomic mass is 35.5. The van der Waals surface area contributed by atoms with Crippen molar-refractivity contribution in [2.24, 2.45) is 0 Å². The van der Waals surface area contributed by atoms with Crippen LogP contribution in [0.4, 0.5) is 5.69 Å². The van der Waals surface area contributed by atoms with E-state index in [1.54, 1.807) is 36.4 Å². The summed E-state index contributed by atoms with van der Waals surface area (Å²) in [5, 5.41) is 0. The van der Waals surface area contributed by atoms with E-state index in [-0.39, 0.29) is 4.90 Å². The minimum atomic E-state index is -3.54. The van der Waals surface area contributed by atoms with E-state index in [9.17, 15) is 8.42 Å². The molecule has 2 aromatic rings. The third kappa shape index (κ3) is 2.97. The Labute approximate surface area is 124 Å². The summed E-state index contributed by atoms with van der Waals surface area (Å²) in [6.45, 7) is 2.20. The van der Waals surface area contributed by atoms with Crippen molar-refractivity contribution in [2.45, 2.75) is 17.7 Å². The molecule has 2 aromatic carbocycles. The van der Waals surface area contributed by atoms with Gasteiger partial charge in [0.1, 0.15) is 0 Å². The summed E-state index contributed by atoms with van der Waals surface area (Å²) in [4.78, 5) is 0.275. The van der Waals surface area contributed by atoms with Crippen LogP contribution in [-0.2, 0) is 15.9 Å². The van der Waals surface area contributed by atoms with Crippen molar-refractivity contribution in [1.82, 2.24) is 0 Å². The van der Waals surface area contributed by atoms with Crippen LogP contribution >= 0.6 is 11.6 Å². The Morgan fingerprint density at radius 2 is 1.60 bits per heavy atom. The lowest BCUT2D eigenvalue weighted by atomic mass is 10.2. The summed E-state index contributed by atoms with van der Waals surface area (Å²) >= 11 is 5.72. The van der Waals surface area contributed by atoms with Crippen LogP contribution in [0.15, 0.2) is 59.5 Å². The lowest BCUT2D eigenvalue weighted by molar-refractivity contribution is 0.592. The number of hydrogen-bond donors (Lipinski definition) is 0. The number of alkyl halides is 1. The van der Waals surface area contributed by atoms with Crippen molar-refractivity contribution < 1.29 is 8.42 Å². The molecule has 0 unspecified atom stereocenters. The molecule has 0 spiro atoms. The first-order valence-electron chi connectivity index (χ1n) is 6.32. The second-order valence-electron chi connectivity index (χ2n) is 4.28. The Kier molecular flexibility index (Phi) is 4.68. The maximum atomic E-state index is 12.7. The maximum absolute atomic E-state index is 12.7. The molecule has 0 atom stereocenters. The molecule has 0 heterocycles. The quantitative estimate of drug-likeness (QED) is 0.791. The van der Waals surface area contributed by atoms with Gasteiger partial charge in [-0.2, -0.15) is 0 Å². The van der Waals surface area contributed by atoms with Crippen molar-refractivity contribution in [3.8, 4) is 0 Å². The van der Waals surface area contributed by atoms with Crippen molar-refractivity contribution in [2.75, 3.05) is 10.8 Å². The Morgan fingerprint density at radius 3 is 2.10 bits per heavy atom. The van der Waals surface area contributed by atoms with Crippen LogP contribution in [0, 0.1) is 0 Å². The summed E-state index contributed by atoms with van der Waals surface area (Å²) in [5.41, 5.74) is 1.56. The average molecular weight is 310 g/mol. The molecule has 3 nitrogen and oxygen atoms in total. The molecule has 0 aromatic heterocycles. The molecular formula is C15H16ClNO2S. The van der Waals surface area contributed by atoms with Gasteiger partial charge in [-0.3, -0.25) is 4.31 Å². The standard InChI is InChI=1S/C15H16ClNO2S/c1-2-17(14-6-4-3-5-7-14)20(18,19)15-10-8-13(12-16)9-11-15/h3-11H,2,12H2,1H3. The molecule has 0 aliphatic carbocycles. The van der Waals surface area contributed by atoms with Gasteiger partial charge in [-0.05, 0) is 36.8 Å². The van der Waals surface area contributed by atoms with Gasteiger partial charge in [-0.1, -0.05) is 30.3 Å². The van der Waals surface area contributed by atoms with Gasteiger partial charge in [0.15, 0.2) is 0 Å². The van der Waals surface area contributed by atoms with E-state index < -0.39 is 10.0 Å². The largest absolute Gasteiger partial charge is 0.267 e. The predicted molar refractivity (Wildman–Crippen MR) is 82.6 cm³/mol. The fraction of sp³-hybridized carbons (Fsp3) is 0.200. The zero-order chi connectivity index (χ0) is 14.6. The van der Waals surface area contributed by atoms with Crippen molar-refractivity contribution in [3.05, 3.63) is 60.2 Å². The van der Waals surface area contributed by atoms with Crippen molar-refractivity contribution in [3.63, 3.8) is 0 Å². The number of para-hydroxylation sites is 1. The summed E-state index contributed by atoms with van der Waals surface area (Å²) in [5.74, 6) is 0.372. The zero-order valence-corrected chi connectivity index (χ0v) is 12.7. The van der Waals surface area contributed by atoms with Gasteiger partial charge in [0.25, 0.3) is 10.0 Å². The Morgan fingerprint density at radius 1 is 1.00 bits per heavy atom. The van der Waals surface area contributed by atoms with Crippen molar-refractivity contribution >= 4 is 27.3 Å². The molecule has 0 aliphatic rings. The summed E-state index contributed by atoms with van der Waals surface area (Å²) < 4.78 is 26.7. The molecule has 0 bridgehead atoms. The van der Waals surface area contributed by atoms with Gasteiger partial charge in [-0.25, -0.2) is 8.42 Å². The third-order valence-corrected chi connectivity index (χ3v) is 5.22. The first-order valence-corrected chi connectivity index (χ1v) is 8.29. The van der Waals surface area contributed by atoms with Gasteiger partial charge in [0.2, 0.25) is 0 Å². The molecule has 5 heteroatoms. The number of halogens is 1. The SMILES string of the molecule is CCN(c1ccccc1)S(=O)(=O)c1ccc(CCl)cc1. The van der Waals surface area contributed by atoms with Crippen LogP contribution in [0.2, 0.25) is 0 Å². The summed E-state index contributed by atoms with van der Waals surface area (Å²) in [6.07, 6.45) is 0. The molecule has 20 heavy (non-hydrogen) atoms. The predicted octanol–water partition coefficient (Wildman–Crippen LogP) is 3.64. The van der Waals surface area contributed by atoms with Gasteiger partial charge >= 0.3 is 0 Å². The maximum Gasteiger partial charge on any atom is 0.264 e. The van der Waals surface area contributed by atoms with E-state index in [0.717, 1.165) is 5.56 Å². The molecule has 0 aliphatic heterocycles. The van der Waals surface area contributed by atoms with Gasteiger partial charge in [0, 0.05) is 12.4 Å². The molecular weight excluding hydrogens is 294 g/mol. The van der Waals surface area contributed by atoms with Crippen molar-refractivity contribution in [1.29, 1.82) is 0 Å². The van der Waals surface area contributed by atoms with Crippen LogP contribution in [0.1, 0.15) is 12.5 Å². The average Bonchev–Trinajstić information content (AvgIpc) is 2.49. The zero-order valence-electron chi connectivity index (χ0n) is 11.2. The number of hydrogen-bond acceptors (Lipinski definition) is 2. The topological polar surface area (TPSA) is 37.4 Å². The van der Waals surface area contributed by atoms with Gasteiger partial charge in [-0.15, -0.1) is 11.6 Å². The Bertz CT molecular complexity index is 654. The van der Waals surface area contributed by atoms with Crippen LogP contribution < -0.4 is 4.31 Å². The summed E-state index contributed by atoms with van der Waals surface area (Å²) in [6, 6.07) is 15.7. The van der Waals surface area contributed by atoms with Crippen LogP contribution in [-0.4, -0.2) is 15.0 Å². The monoisotopic (exact) mass is 309 g/mol. The van der Waals surface area contributed by atoms with E-state index in [4.69, 9.17) is 11.6 Å². The third-order valence-electron chi connectivity index (χ3n) is 3.00. The molecule has 0 saturated carbocycles. The second-order valence-corrected chi connectivity index (χ2v) is 6.41. The van der Waals surface area contributed by atoms with Gasteiger partial charge in [0.05, 0.1) is 10.6 Å². The number of nitrogens with zero attached hydrogens (tertiary/aromatic N) is 1. The Balaban J connectivity index is 2.41. The van der Waals surface area contributed by atoms with E-state index in [0.29, 0.717) is 18.1 Å². The highest BCUT2D eigenvalue weighted by molar-refractivity contribution is 7.92. The highest BCUT2D eigenvalue weighted by Crippen LogP contribution is 2.23. The normalized spacial score (nSPS) is 11.3. The smallest absolute Gasteiger partial charge is 0.264 e. The lowest BCUT2D eigenvalue weighted by Gasteiger charge is -2.22. The fourth-order valence-electron chi connectivity index (χ4n) is 1.96. The first kappa shape index (κ1) is 14.9. The number of anilines is 1. The fourth-order valence-corrected chi connectivity index (χ4v) is 3.62. The van der Waals surface area contributed by atoms with Crippen LogP contribution in [0.5, 0.6) is 0 Å². The molecule has 0 amide bonds. The molecule has 106 valence electrons. The number of sulfonamides is 1. The minimum Gasteiger partial charge on any atom is -0.267 e. The second kappa shape index (κ2) is 6.29. The molecule has 0 N–H and O–H groups in total. The van der Waals surface area contributed by atoms with E-state index in [1.807, 2.05) is 25.1 Å². The number of rotatable bonds is 5. The van der Waals surface area contributed by atoms with Crippen LogP contribution in [0.3, 0.4) is 0 Å². The molecule has 2 rings (SSSR count). The highest BCUT2D eigenvalue weighted by Gasteiger charge is 2.23. The molecule has 0 radical (unpaired) electrons. The molecule has 0 saturated heterocycles. The minimum absolute atomic E-state index is 0.275. The van der Waals surface area contributed by atoms with Gasteiger partial charge < -0.3 is 0 Å². The Hall–Kier alpha value is -1.52. The number of benzene rings is 2. The van der Waals surface area contributed by atoms with E-state index >= 15 is 0 Å².